The minimum Gasteiger partial charge on any atom is -0.462 e. The molecule has 162 valence electrons. The topological polar surface area (TPSA) is 72.8 Å². The molecule has 0 rings (SSSR count). The van der Waals surface area contributed by atoms with Gasteiger partial charge in [0.1, 0.15) is 0 Å². The highest BCUT2D eigenvalue weighted by Gasteiger charge is 2.12. The maximum atomic E-state index is 11.7. The fraction of sp³-hybridized carbons (Fsp3) is 0.739. The normalized spacial score (nSPS) is 11.7. The molecule has 5 nitrogen and oxygen atoms in total. The lowest BCUT2D eigenvalue weighted by molar-refractivity contribution is -0.140. The molecule has 0 aliphatic heterocycles. The highest BCUT2D eigenvalue weighted by atomic mass is 16.5. The molecule has 0 aromatic heterocycles. The van der Waals surface area contributed by atoms with Crippen molar-refractivity contribution in [2.75, 3.05) is 13.2 Å². The minimum atomic E-state index is -0.515. The Morgan fingerprint density at radius 3 is 1.57 bits per heavy atom. The Balaban J connectivity index is 3.34. The van der Waals surface area contributed by atoms with E-state index in [0.29, 0.717) is 30.8 Å². The van der Waals surface area contributed by atoms with Crippen LogP contribution in [0.3, 0.4) is 0 Å². The maximum Gasteiger partial charge on any atom is 0.333 e. The lowest BCUT2D eigenvalue weighted by Crippen LogP contribution is -2.14. The number of carbonyl (C=O) groups is 2. The first kappa shape index (κ1) is 26.4. The van der Waals surface area contributed by atoms with Crippen LogP contribution in [0.15, 0.2) is 24.3 Å². The Morgan fingerprint density at radius 2 is 1.18 bits per heavy atom. The zero-order valence-corrected chi connectivity index (χ0v) is 18.0. The second-order valence-corrected chi connectivity index (χ2v) is 7.46. The van der Waals surface area contributed by atoms with Gasteiger partial charge >= 0.3 is 11.9 Å². The molecule has 0 radical (unpaired) electrons. The SMILES string of the molecule is C=C(C)C(=O)OCCCCCCCCCCCCOC(=O)C(=C)CC(O)CC. The first-order chi connectivity index (χ1) is 13.4. The number of hydrogen-bond donors (Lipinski definition) is 1. The predicted molar refractivity (Wildman–Crippen MR) is 113 cm³/mol. The van der Waals surface area contributed by atoms with E-state index in [4.69, 9.17) is 9.47 Å². The van der Waals surface area contributed by atoms with Gasteiger partial charge in [-0.05, 0) is 26.2 Å². The Hall–Kier alpha value is -1.62. The largest absolute Gasteiger partial charge is 0.462 e. The third-order valence-corrected chi connectivity index (χ3v) is 4.60. The summed E-state index contributed by atoms with van der Waals surface area (Å²) < 4.78 is 10.2. The zero-order valence-electron chi connectivity index (χ0n) is 18.0. The van der Waals surface area contributed by atoms with Crippen LogP contribution in [0, 0.1) is 0 Å². The Bertz CT molecular complexity index is 470. The van der Waals surface area contributed by atoms with Crippen LogP contribution >= 0.6 is 0 Å². The molecule has 1 atom stereocenters. The highest BCUT2D eigenvalue weighted by molar-refractivity contribution is 5.87. The van der Waals surface area contributed by atoms with E-state index >= 15 is 0 Å². The summed E-state index contributed by atoms with van der Waals surface area (Å²) in [6.45, 7) is 11.7. The van der Waals surface area contributed by atoms with Crippen LogP contribution in [0.1, 0.15) is 90.9 Å². The second-order valence-electron chi connectivity index (χ2n) is 7.46. The van der Waals surface area contributed by atoms with Crippen molar-refractivity contribution in [1.29, 1.82) is 0 Å². The number of hydrogen-bond acceptors (Lipinski definition) is 5. The van der Waals surface area contributed by atoms with Gasteiger partial charge < -0.3 is 14.6 Å². The van der Waals surface area contributed by atoms with Crippen LogP contribution in [0.5, 0.6) is 0 Å². The molecule has 0 saturated heterocycles. The molecule has 0 bridgehead atoms. The zero-order chi connectivity index (χ0) is 21.2. The quantitative estimate of drug-likeness (QED) is 0.194. The van der Waals surface area contributed by atoms with Crippen LogP contribution in [-0.4, -0.2) is 36.4 Å². The first-order valence-electron chi connectivity index (χ1n) is 10.7. The third-order valence-electron chi connectivity index (χ3n) is 4.60. The molecule has 0 aliphatic rings. The van der Waals surface area contributed by atoms with Crippen LogP contribution in [-0.2, 0) is 19.1 Å². The minimum absolute atomic E-state index is 0.287. The van der Waals surface area contributed by atoms with Crippen molar-refractivity contribution in [3.8, 4) is 0 Å². The van der Waals surface area contributed by atoms with Gasteiger partial charge in [-0.2, -0.15) is 0 Å². The van der Waals surface area contributed by atoms with Gasteiger partial charge in [-0.1, -0.05) is 71.4 Å². The number of rotatable bonds is 18. The number of aliphatic hydroxyl groups excluding tert-OH is 1. The Kier molecular flexibility index (Phi) is 16.5. The van der Waals surface area contributed by atoms with Crippen molar-refractivity contribution in [3.05, 3.63) is 24.3 Å². The molecule has 0 spiro atoms. The van der Waals surface area contributed by atoms with Gasteiger partial charge in [0.15, 0.2) is 0 Å². The standard InChI is InChI=1S/C23H40O5/c1-5-21(24)18-20(4)23(26)28-17-15-13-11-9-7-6-8-10-12-14-16-27-22(25)19(2)3/h21,24H,2,4-18H2,1,3H3. The molecule has 0 aromatic carbocycles. The molecule has 1 unspecified atom stereocenters. The monoisotopic (exact) mass is 396 g/mol. The molecule has 0 aliphatic carbocycles. The molecule has 0 saturated carbocycles. The van der Waals surface area contributed by atoms with Crippen molar-refractivity contribution in [3.63, 3.8) is 0 Å². The third kappa shape index (κ3) is 15.4. The fourth-order valence-electron chi connectivity index (χ4n) is 2.69. The van der Waals surface area contributed by atoms with Crippen LogP contribution in [0.25, 0.3) is 0 Å². The van der Waals surface area contributed by atoms with Crippen molar-refractivity contribution in [2.45, 2.75) is 97.0 Å². The summed E-state index contributed by atoms with van der Waals surface area (Å²) in [5.41, 5.74) is 0.804. The van der Waals surface area contributed by atoms with Gasteiger partial charge in [-0.15, -0.1) is 0 Å². The number of esters is 2. The molecule has 0 heterocycles. The fourth-order valence-corrected chi connectivity index (χ4v) is 2.69. The van der Waals surface area contributed by atoms with Gasteiger partial charge in [-0.3, -0.25) is 0 Å². The van der Waals surface area contributed by atoms with Gasteiger partial charge in [0, 0.05) is 17.6 Å². The first-order valence-corrected chi connectivity index (χ1v) is 10.7. The number of carbonyl (C=O) groups excluding carboxylic acids is 2. The number of unbranched alkanes of at least 4 members (excludes halogenated alkanes) is 9. The van der Waals surface area contributed by atoms with E-state index < -0.39 is 6.10 Å². The Labute approximate surface area is 171 Å². The predicted octanol–water partition coefficient (Wildman–Crippen LogP) is 5.27. The molecular formula is C23H40O5. The summed E-state index contributed by atoms with van der Waals surface area (Å²) in [6, 6.07) is 0. The molecule has 0 aromatic rings. The molecule has 28 heavy (non-hydrogen) atoms. The molecule has 0 fully saturated rings. The molecule has 0 amide bonds. The van der Waals surface area contributed by atoms with E-state index in [0.717, 1.165) is 32.1 Å². The van der Waals surface area contributed by atoms with Crippen molar-refractivity contribution >= 4 is 11.9 Å². The van der Waals surface area contributed by atoms with Crippen LogP contribution in [0.2, 0.25) is 0 Å². The highest BCUT2D eigenvalue weighted by Crippen LogP contribution is 2.12. The van der Waals surface area contributed by atoms with Gasteiger partial charge in [0.25, 0.3) is 0 Å². The van der Waals surface area contributed by atoms with Gasteiger partial charge in [-0.25, -0.2) is 9.59 Å². The van der Waals surface area contributed by atoms with Crippen molar-refractivity contribution in [2.24, 2.45) is 0 Å². The molecule has 5 heteroatoms. The van der Waals surface area contributed by atoms with E-state index in [1.165, 1.54) is 32.1 Å². The van der Waals surface area contributed by atoms with Crippen LogP contribution in [0.4, 0.5) is 0 Å². The van der Waals surface area contributed by atoms with E-state index in [1.54, 1.807) is 6.92 Å². The van der Waals surface area contributed by atoms with Gasteiger partial charge in [0.05, 0.1) is 19.3 Å². The van der Waals surface area contributed by atoms with Crippen LogP contribution < -0.4 is 0 Å². The average molecular weight is 397 g/mol. The van der Waals surface area contributed by atoms with Gasteiger partial charge in [0.2, 0.25) is 0 Å². The van der Waals surface area contributed by atoms with E-state index in [1.807, 2.05) is 6.92 Å². The summed E-state index contributed by atoms with van der Waals surface area (Å²) in [7, 11) is 0. The molecule has 1 N–H and O–H groups in total. The van der Waals surface area contributed by atoms with E-state index in [9.17, 15) is 14.7 Å². The maximum absolute atomic E-state index is 11.7. The van der Waals surface area contributed by atoms with Crippen molar-refractivity contribution < 1.29 is 24.2 Å². The van der Waals surface area contributed by atoms with E-state index in [2.05, 4.69) is 13.2 Å². The number of ether oxygens (including phenoxy) is 2. The average Bonchev–Trinajstić information content (AvgIpc) is 2.67. The lowest BCUT2D eigenvalue weighted by atomic mass is 10.1. The molecular weight excluding hydrogens is 356 g/mol. The smallest absolute Gasteiger partial charge is 0.333 e. The number of aliphatic hydroxyl groups is 1. The summed E-state index contributed by atoms with van der Waals surface area (Å²) in [5.74, 6) is -0.683. The summed E-state index contributed by atoms with van der Waals surface area (Å²) in [4.78, 5) is 22.9. The van der Waals surface area contributed by atoms with Crippen molar-refractivity contribution in [1.82, 2.24) is 0 Å². The summed E-state index contributed by atoms with van der Waals surface area (Å²) in [5, 5.41) is 9.51. The summed E-state index contributed by atoms with van der Waals surface area (Å²) >= 11 is 0. The van der Waals surface area contributed by atoms with E-state index in [-0.39, 0.29) is 18.4 Å². The second kappa shape index (κ2) is 17.5. The lowest BCUT2D eigenvalue weighted by Gasteiger charge is -2.10. The Morgan fingerprint density at radius 1 is 0.786 bits per heavy atom. The summed E-state index contributed by atoms with van der Waals surface area (Å²) in [6.07, 6.45) is 11.6.